The normalized spacial score (nSPS) is 15.7. The van der Waals surface area contributed by atoms with Gasteiger partial charge in [0.1, 0.15) is 5.82 Å². The van der Waals surface area contributed by atoms with Gasteiger partial charge >= 0.3 is 0 Å². The zero-order valence-corrected chi connectivity index (χ0v) is 15.8. The third-order valence-electron chi connectivity index (χ3n) is 4.71. The minimum atomic E-state index is -3.48. The molecular formula is C20H22FN3O2S. The van der Waals surface area contributed by atoms with Crippen molar-refractivity contribution in [1.29, 1.82) is 5.26 Å². The largest absolute Gasteiger partial charge is 0.381 e. The maximum absolute atomic E-state index is 13.8. The van der Waals surface area contributed by atoms with Crippen LogP contribution in [0.2, 0.25) is 0 Å². The highest BCUT2D eigenvalue weighted by atomic mass is 32.2. The van der Waals surface area contributed by atoms with E-state index < -0.39 is 10.0 Å². The first-order valence-corrected chi connectivity index (χ1v) is 10.5. The zero-order valence-electron chi connectivity index (χ0n) is 15.0. The number of anilines is 1. The first-order chi connectivity index (χ1) is 13.0. The van der Waals surface area contributed by atoms with Gasteiger partial charge in [0.25, 0.3) is 0 Å². The molecule has 7 heteroatoms. The van der Waals surface area contributed by atoms with Crippen LogP contribution in [-0.2, 0) is 16.6 Å². The molecule has 2 aromatic rings. The Bertz CT molecular complexity index is 929. The molecular weight excluding hydrogens is 365 g/mol. The van der Waals surface area contributed by atoms with Gasteiger partial charge in [-0.25, -0.2) is 12.8 Å². The quantitative estimate of drug-likeness (QED) is 0.845. The van der Waals surface area contributed by atoms with E-state index in [1.807, 2.05) is 6.07 Å². The Labute approximate surface area is 159 Å². The highest BCUT2D eigenvalue weighted by Crippen LogP contribution is 2.22. The van der Waals surface area contributed by atoms with E-state index in [9.17, 15) is 12.8 Å². The number of nitrogens with one attached hydrogen (secondary N) is 1. The van der Waals surface area contributed by atoms with Crippen LogP contribution in [0.15, 0.2) is 47.4 Å². The lowest BCUT2D eigenvalue weighted by Gasteiger charge is -2.20. The number of rotatable bonds is 5. The molecule has 0 amide bonds. The summed E-state index contributed by atoms with van der Waals surface area (Å²) in [6.45, 7) is 1.34. The summed E-state index contributed by atoms with van der Waals surface area (Å²) in [4.78, 5) is 0.271. The summed E-state index contributed by atoms with van der Waals surface area (Å²) in [5.74, 6) is -0.387. The van der Waals surface area contributed by atoms with E-state index >= 15 is 0 Å². The van der Waals surface area contributed by atoms with Crippen LogP contribution in [0.5, 0.6) is 0 Å². The van der Waals surface area contributed by atoms with E-state index in [4.69, 9.17) is 5.26 Å². The number of benzene rings is 2. The van der Waals surface area contributed by atoms with Gasteiger partial charge in [0, 0.05) is 30.9 Å². The smallest absolute Gasteiger partial charge is 0.243 e. The second kappa shape index (κ2) is 8.51. The first-order valence-electron chi connectivity index (χ1n) is 9.03. The van der Waals surface area contributed by atoms with Crippen LogP contribution in [0, 0.1) is 17.1 Å². The Hall–Kier alpha value is -2.43. The van der Waals surface area contributed by atoms with E-state index in [-0.39, 0.29) is 17.3 Å². The number of hydrogen-bond donors (Lipinski definition) is 1. The van der Waals surface area contributed by atoms with E-state index in [0.29, 0.717) is 29.9 Å². The molecule has 0 spiro atoms. The fraction of sp³-hybridized carbons (Fsp3) is 0.350. The predicted octanol–water partition coefficient (Wildman–Crippen LogP) is 3.87. The fourth-order valence-electron chi connectivity index (χ4n) is 3.15. The molecule has 142 valence electrons. The molecule has 1 aliphatic rings. The third kappa shape index (κ3) is 4.65. The van der Waals surface area contributed by atoms with Crippen molar-refractivity contribution in [3.63, 3.8) is 0 Å². The van der Waals surface area contributed by atoms with Gasteiger partial charge in [-0.05, 0) is 55.3 Å². The van der Waals surface area contributed by atoms with E-state index in [1.54, 1.807) is 28.6 Å². The molecule has 2 aromatic carbocycles. The van der Waals surface area contributed by atoms with Crippen LogP contribution >= 0.6 is 0 Å². The molecule has 27 heavy (non-hydrogen) atoms. The van der Waals surface area contributed by atoms with Gasteiger partial charge in [-0.15, -0.1) is 0 Å². The summed E-state index contributed by atoms with van der Waals surface area (Å²) in [7, 11) is -3.48. The van der Waals surface area contributed by atoms with Gasteiger partial charge in [-0.1, -0.05) is 12.8 Å². The van der Waals surface area contributed by atoms with Crippen molar-refractivity contribution in [2.45, 2.75) is 37.1 Å². The second-order valence-electron chi connectivity index (χ2n) is 6.61. The molecule has 1 N–H and O–H groups in total. The summed E-state index contributed by atoms with van der Waals surface area (Å²) in [6.07, 6.45) is 3.93. The number of sulfonamides is 1. The van der Waals surface area contributed by atoms with Crippen LogP contribution in [0.1, 0.15) is 36.8 Å². The molecule has 5 nitrogen and oxygen atoms in total. The minimum absolute atomic E-state index is 0.208. The fourth-order valence-corrected chi connectivity index (χ4v) is 4.67. The van der Waals surface area contributed by atoms with Crippen LogP contribution in [0.3, 0.4) is 0 Å². The second-order valence-corrected chi connectivity index (χ2v) is 8.55. The summed E-state index contributed by atoms with van der Waals surface area (Å²) in [5.41, 5.74) is 1.47. The lowest BCUT2D eigenvalue weighted by atomic mass is 10.1. The maximum atomic E-state index is 13.8. The molecule has 0 radical (unpaired) electrons. The lowest BCUT2D eigenvalue weighted by Crippen LogP contribution is -2.31. The summed E-state index contributed by atoms with van der Waals surface area (Å²) >= 11 is 0. The molecule has 0 aromatic heterocycles. The number of halogens is 1. The Balaban J connectivity index is 1.69. The topological polar surface area (TPSA) is 73.2 Å². The standard InChI is InChI=1S/C20H22FN3O2S/c21-20-10-5-16(14-22)13-17(20)15-23-18-6-8-19(9-7-18)27(25,26)24-11-3-1-2-4-12-24/h5-10,13,23H,1-4,11-12,15H2. The summed E-state index contributed by atoms with van der Waals surface area (Å²) < 4.78 is 40.9. The number of hydrogen-bond acceptors (Lipinski definition) is 4. The van der Waals surface area contributed by atoms with Gasteiger partial charge in [0.15, 0.2) is 0 Å². The lowest BCUT2D eigenvalue weighted by molar-refractivity contribution is 0.424. The predicted molar refractivity (Wildman–Crippen MR) is 102 cm³/mol. The molecule has 0 bridgehead atoms. The molecule has 1 aliphatic heterocycles. The van der Waals surface area contributed by atoms with Crippen molar-refractivity contribution in [1.82, 2.24) is 4.31 Å². The highest BCUT2D eigenvalue weighted by molar-refractivity contribution is 7.89. The molecule has 1 saturated heterocycles. The van der Waals surface area contributed by atoms with Gasteiger partial charge < -0.3 is 5.32 Å². The first kappa shape index (κ1) is 19.3. The molecule has 3 rings (SSSR count). The number of nitriles is 1. The molecule has 0 aliphatic carbocycles. The van der Waals surface area contributed by atoms with Crippen molar-refractivity contribution in [3.05, 3.63) is 59.4 Å². The third-order valence-corrected chi connectivity index (χ3v) is 6.63. The van der Waals surface area contributed by atoms with Crippen molar-refractivity contribution >= 4 is 15.7 Å². The monoisotopic (exact) mass is 387 g/mol. The molecule has 1 heterocycles. The highest BCUT2D eigenvalue weighted by Gasteiger charge is 2.24. The Morgan fingerprint density at radius 3 is 2.33 bits per heavy atom. The van der Waals surface area contributed by atoms with Crippen LogP contribution in [0.4, 0.5) is 10.1 Å². The van der Waals surface area contributed by atoms with Crippen molar-refractivity contribution in [2.75, 3.05) is 18.4 Å². The molecule has 1 fully saturated rings. The van der Waals surface area contributed by atoms with Crippen LogP contribution in [0.25, 0.3) is 0 Å². The van der Waals surface area contributed by atoms with E-state index in [2.05, 4.69) is 5.32 Å². The molecule has 0 atom stereocenters. The van der Waals surface area contributed by atoms with E-state index in [0.717, 1.165) is 25.7 Å². The summed E-state index contributed by atoms with van der Waals surface area (Å²) in [5, 5.41) is 12.0. The van der Waals surface area contributed by atoms with Crippen molar-refractivity contribution in [2.24, 2.45) is 0 Å². The minimum Gasteiger partial charge on any atom is -0.381 e. The SMILES string of the molecule is N#Cc1ccc(F)c(CNc2ccc(S(=O)(=O)N3CCCCCC3)cc2)c1. The average Bonchev–Trinajstić information content (AvgIpc) is 2.98. The van der Waals surface area contributed by atoms with Crippen LogP contribution in [-0.4, -0.2) is 25.8 Å². The van der Waals surface area contributed by atoms with Crippen LogP contribution < -0.4 is 5.32 Å². The maximum Gasteiger partial charge on any atom is 0.243 e. The Morgan fingerprint density at radius 1 is 1.04 bits per heavy atom. The van der Waals surface area contributed by atoms with Crippen molar-refractivity contribution < 1.29 is 12.8 Å². The summed E-state index contributed by atoms with van der Waals surface area (Å²) in [6, 6.07) is 12.7. The van der Waals surface area contributed by atoms with Gasteiger partial charge in [-0.3, -0.25) is 0 Å². The molecule has 0 unspecified atom stereocenters. The Morgan fingerprint density at radius 2 is 1.70 bits per heavy atom. The zero-order chi connectivity index (χ0) is 19.3. The molecule has 0 saturated carbocycles. The number of nitrogens with zero attached hydrogens (tertiary/aromatic N) is 2. The Kier molecular flexibility index (Phi) is 6.09. The average molecular weight is 387 g/mol. The van der Waals surface area contributed by atoms with E-state index in [1.165, 1.54) is 18.2 Å². The van der Waals surface area contributed by atoms with Crippen molar-refractivity contribution in [3.8, 4) is 6.07 Å². The van der Waals surface area contributed by atoms with Gasteiger partial charge in [0.2, 0.25) is 10.0 Å². The van der Waals surface area contributed by atoms with Gasteiger partial charge in [-0.2, -0.15) is 9.57 Å². The van der Waals surface area contributed by atoms with Gasteiger partial charge in [0.05, 0.1) is 16.5 Å².